The molecule has 2 heterocycles. The molecule has 2 aromatic heterocycles. The van der Waals surface area contributed by atoms with E-state index in [0.717, 1.165) is 42.5 Å². The Morgan fingerprint density at radius 3 is 2.31 bits per heavy atom. The van der Waals surface area contributed by atoms with Crippen molar-refractivity contribution in [3.8, 4) is 28.8 Å². The zero-order valence-electron chi connectivity index (χ0n) is 23.5. The highest BCUT2D eigenvalue weighted by molar-refractivity contribution is 6.00. The highest BCUT2D eigenvalue weighted by Crippen LogP contribution is 2.37. The first-order valence-corrected chi connectivity index (χ1v) is 13.9. The minimum Gasteiger partial charge on any atom is -0.349 e. The van der Waals surface area contributed by atoms with Gasteiger partial charge in [0.05, 0.1) is 40.5 Å². The van der Waals surface area contributed by atoms with Gasteiger partial charge in [-0.15, -0.1) is 0 Å². The Hall–Kier alpha value is -4.59. The molecule has 0 spiro atoms. The number of halogens is 3. The van der Waals surface area contributed by atoms with Crippen molar-refractivity contribution in [2.24, 2.45) is 18.9 Å². The van der Waals surface area contributed by atoms with Crippen molar-refractivity contribution >= 4 is 5.91 Å². The maximum absolute atomic E-state index is 14.0. The number of hydrogen-bond donors (Lipinski definition) is 1. The van der Waals surface area contributed by atoms with Gasteiger partial charge in [-0.2, -0.15) is 23.5 Å². The predicted molar refractivity (Wildman–Crippen MR) is 151 cm³/mol. The molecule has 8 nitrogen and oxygen atoms in total. The number of aromatic nitrogens is 4. The zero-order chi connectivity index (χ0) is 30.2. The average molecular weight is 577 g/mol. The number of rotatable bonds is 7. The van der Waals surface area contributed by atoms with E-state index in [4.69, 9.17) is 0 Å². The number of carbonyl (C=O) groups excluding carboxylic acids is 1. The van der Waals surface area contributed by atoms with E-state index in [1.165, 1.54) is 34.7 Å². The molecule has 4 aromatic rings. The number of carbonyl (C=O) groups is 1. The largest absolute Gasteiger partial charge is 0.416 e. The Bertz CT molecular complexity index is 1700. The van der Waals surface area contributed by atoms with Gasteiger partial charge in [-0.05, 0) is 73.2 Å². The maximum Gasteiger partial charge on any atom is 0.416 e. The van der Waals surface area contributed by atoms with E-state index in [0.29, 0.717) is 28.8 Å². The highest BCUT2D eigenvalue weighted by Gasteiger charge is 2.36. The molecular formula is C31H31F3N6O2. The molecule has 0 aliphatic heterocycles. The topological polar surface area (TPSA) is 97.6 Å². The van der Waals surface area contributed by atoms with Crippen LogP contribution in [-0.2, 0) is 13.2 Å². The van der Waals surface area contributed by atoms with Crippen LogP contribution in [0.2, 0.25) is 0 Å². The fourth-order valence-corrected chi connectivity index (χ4v) is 6.16. The lowest BCUT2D eigenvalue weighted by Gasteiger charge is -2.15. The Balaban J connectivity index is 1.66. The van der Waals surface area contributed by atoms with Gasteiger partial charge in [0, 0.05) is 13.1 Å². The van der Waals surface area contributed by atoms with Crippen LogP contribution in [0.1, 0.15) is 61.0 Å². The third-order valence-corrected chi connectivity index (χ3v) is 8.26. The minimum atomic E-state index is -4.61. The van der Waals surface area contributed by atoms with Crippen LogP contribution >= 0.6 is 0 Å². The summed E-state index contributed by atoms with van der Waals surface area (Å²) in [5.74, 6) is 0.353. The molecule has 11 heteroatoms. The van der Waals surface area contributed by atoms with Crippen LogP contribution in [0.15, 0.2) is 65.6 Å². The molecule has 0 saturated heterocycles. The van der Waals surface area contributed by atoms with E-state index in [1.807, 2.05) is 0 Å². The molecule has 42 heavy (non-hydrogen) atoms. The van der Waals surface area contributed by atoms with Crippen molar-refractivity contribution in [3.05, 3.63) is 87.8 Å². The molecular weight excluding hydrogens is 545 g/mol. The van der Waals surface area contributed by atoms with Crippen LogP contribution in [0.4, 0.5) is 13.2 Å². The van der Waals surface area contributed by atoms with Gasteiger partial charge in [-0.1, -0.05) is 32.8 Å². The Morgan fingerprint density at radius 2 is 1.71 bits per heavy atom. The van der Waals surface area contributed by atoms with Crippen molar-refractivity contribution in [1.82, 2.24) is 24.5 Å². The number of nitrogens with zero attached hydrogens (tertiary/aromatic N) is 5. The maximum atomic E-state index is 14.0. The van der Waals surface area contributed by atoms with E-state index in [1.54, 1.807) is 30.3 Å². The van der Waals surface area contributed by atoms with Gasteiger partial charge >= 0.3 is 6.18 Å². The van der Waals surface area contributed by atoms with Gasteiger partial charge in [0.25, 0.3) is 11.5 Å². The molecule has 0 radical (unpaired) electrons. The van der Waals surface area contributed by atoms with E-state index in [9.17, 15) is 28.0 Å². The first-order valence-electron chi connectivity index (χ1n) is 13.9. The highest BCUT2D eigenvalue weighted by atomic mass is 19.4. The quantitative estimate of drug-likeness (QED) is 0.298. The average Bonchev–Trinajstić information content (AvgIpc) is 3.68. The molecule has 1 amide bonds. The van der Waals surface area contributed by atoms with E-state index in [2.05, 4.69) is 30.3 Å². The Morgan fingerprint density at radius 1 is 1.05 bits per heavy atom. The fourth-order valence-electron chi connectivity index (χ4n) is 6.16. The van der Waals surface area contributed by atoms with Crippen LogP contribution < -0.4 is 10.9 Å². The summed E-state index contributed by atoms with van der Waals surface area (Å²) in [6, 6.07) is 14.6. The van der Waals surface area contributed by atoms with Crippen LogP contribution in [0, 0.1) is 23.2 Å². The smallest absolute Gasteiger partial charge is 0.349 e. The lowest BCUT2D eigenvalue weighted by Crippen LogP contribution is -2.36. The minimum absolute atomic E-state index is 0.0278. The lowest BCUT2D eigenvalue weighted by molar-refractivity contribution is -0.137. The van der Waals surface area contributed by atoms with E-state index >= 15 is 0 Å². The second kappa shape index (κ2) is 11.4. The molecule has 1 unspecified atom stereocenters. The van der Waals surface area contributed by atoms with Crippen molar-refractivity contribution in [2.45, 2.75) is 51.7 Å². The molecule has 5 rings (SSSR count). The summed E-state index contributed by atoms with van der Waals surface area (Å²) in [6.45, 7) is 4.26. The van der Waals surface area contributed by atoms with Crippen molar-refractivity contribution in [2.75, 3.05) is 0 Å². The summed E-state index contributed by atoms with van der Waals surface area (Å²) < 4.78 is 44.7. The number of alkyl halides is 3. The number of hydrogen-bond acceptors (Lipinski definition) is 4. The Kier molecular flexibility index (Phi) is 7.82. The second-order valence-electron chi connectivity index (χ2n) is 10.7. The molecule has 218 valence electrons. The Labute approximate surface area is 241 Å². The van der Waals surface area contributed by atoms with Gasteiger partial charge in [-0.25, -0.2) is 9.36 Å². The summed E-state index contributed by atoms with van der Waals surface area (Å²) in [7, 11) is 1.53. The second-order valence-corrected chi connectivity index (χ2v) is 10.7. The predicted octanol–water partition coefficient (Wildman–Crippen LogP) is 5.86. The third kappa shape index (κ3) is 5.24. The monoisotopic (exact) mass is 576 g/mol. The number of amides is 1. The summed E-state index contributed by atoms with van der Waals surface area (Å²) in [4.78, 5) is 27.9. The van der Waals surface area contributed by atoms with Crippen molar-refractivity contribution in [1.29, 1.82) is 5.26 Å². The number of benzene rings is 2. The van der Waals surface area contributed by atoms with E-state index < -0.39 is 23.2 Å². The van der Waals surface area contributed by atoms with Crippen LogP contribution in [0.5, 0.6) is 0 Å². The van der Waals surface area contributed by atoms with Crippen LogP contribution in [0.3, 0.4) is 0 Å². The molecule has 0 bridgehead atoms. The first-order chi connectivity index (χ1) is 20.1. The van der Waals surface area contributed by atoms with Gasteiger partial charge in [0.1, 0.15) is 11.3 Å². The molecule has 1 saturated carbocycles. The first kappa shape index (κ1) is 28.9. The molecule has 1 aliphatic carbocycles. The molecule has 1 N–H and O–H groups in total. The van der Waals surface area contributed by atoms with Crippen molar-refractivity contribution < 1.29 is 18.0 Å². The van der Waals surface area contributed by atoms with Gasteiger partial charge in [-0.3, -0.25) is 14.3 Å². The fraction of sp³-hybridized carbons (Fsp3) is 0.355. The summed E-state index contributed by atoms with van der Waals surface area (Å²) in [6.07, 6.45) is 0.481. The summed E-state index contributed by atoms with van der Waals surface area (Å²) in [5, 5.41) is 16.6. The SMILES string of the molecule is CC[C@@H]1CC(NC(=O)c2c(-c3ccnn3-c3ccc(C#N)cc3)n(C)n(-c3cccc(C(F)(F)F)c3)c2=O)C[C@@H]1CC. The van der Waals surface area contributed by atoms with Gasteiger partial charge in [0.2, 0.25) is 0 Å². The van der Waals surface area contributed by atoms with Crippen molar-refractivity contribution in [3.63, 3.8) is 0 Å². The lowest BCUT2D eigenvalue weighted by atomic mass is 9.92. The number of nitrogens with one attached hydrogen (secondary N) is 1. The third-order valence-electron chi connectivity index (χ3n) is 8.26. The van der Waals surface area contributed by atoms with Crippen LogP contribution in [-0.4, -0.2) is 31.1 Å². The molecule has 2 aromatic carbocycles. The summed E-state index contributed by atoms with van der Waals surface area (Å²) >= 11 is 0. The summed E-state index contributed by atoms with van der Waals surface area (Å²) in [5.41, 5.74) is -0.249. The number of nitriles is 1. The normalized spacial score (nSPS) is 18.6. The molecule has 1 fully saturated rings. The standard InChI is InChI=1S/C31H31F3N6O2/c1-4-20-15-23(16-21(20)5-2)37-29(41)27-28(26-13-14-36-39(26)24-11-9-19(18-35)10-12-24)38(3)40(30(27)42)25-8-6-7-22(17-25)31(32,33)34/h6-14,17,20-21,23H,4-5,15-16H2,1-3H3,(H,37,41)/t20-,21+,23?. The molecule has 1 aliphatic rings. The van der Waals surface area contributed by atoms with Gasteiger partial charge in [0.15, 0.2) is 0 Å². The van der Waals surface area contributed by atoms with E-state index in [-0.39, 0.29) is 23.0 Å². The van der Waals surface area contributed by atoms with Crippen LogP contribution in [0.25, 0.3) is 22.8 Å². The molecule has 3 atom stereocenters. The zero-order valence-corrected chi connectivity index (χ0v) is 23.5. The van der Waals surface area contributed by atoms with Gasteiger partial charge < -0.3 is 5.32 Å².